The molecule has 0 bridgehead atoms. The summed E-state index contributed by atoms with van der Waals surface area (Å²) < 4.78 is 13.0. The van der Waals surface area contributed by atoms with Crippen LogP contribution in [0.25, 0.3) is 0 Å². The lowest BCUT2D eigenvalue weighted by Crippen LogP contribution is -2.35. The molecule has 2 aliphatic rings. The molecule has 0 saturated heterocycles. The molecule has 0 atom stereocenters. The zero-order valence-corrected chi connectivity index (χ0v) is 9.48. The van der Waals surface area contributed by atoms with Gasteiger partial charge in [0.25, 0.3) is 11.7 Å². The molecule has 1 aromatic carbocycles. The van der Waals surface area contributed by atoms with Gasteiger partial charge in [0.15, 0.2) is 5.78 Å². The number of carbonyl (C=O) groups is 3. The summed E-state index contributed by atoms with van der Waals surface area (Å²) >= 11 is 0. The molecule has 0 N–H and O–H groups in total. The van der Waals surface area contributed by atoms with E-state index in [1.165, 1.54) is 12.1 Å². The van der Waals surface area contributed by atoms with E-state index in [0.717, 1.165) is 23.8 Å². The number of rotatable bonds is 3. The zero-order chi connectivity index (χ0) is 12.9. The number of ketones is 2. The number of nitrogens with zero attached hydrogens (tertiary/aromatic N) is 1. The van der Waals surface area contributed by atoms with Crippen LogP contribution in [0.15, 0.2) is 18.2 Å². The molecule has 0 aromatic heterocycles. The Labute approximate surface area is 102 Å². The fraction of sp³-hybridized carbons (Fsp3) is 0.308. The normalized spacial score (nSPS) is 18.2. The lowest BCUT2D eigenvalue weighted by molar-refractivity contribution is -0.121. The van der Waals surface area contributed by atoms with E-state index in [0.29, 0.717) is 5.69 Å². The van der Waals surface area contributed by atoms with E-state index < -0.39 is 17.5 Å². The summed E-state index contributed by atoms with van der Waals surface area (Å²) in [7, 11) is 0. The van der Waals surface area contributed by atoms with E-state index in [1.807, 2.05) is 0 Å². The number of benzene rings is 1. The Hall–Kier alpha value is -2.04. The van der Waals surface area contributed by atoms with Gasteiger partial charge in [-0.2, -0.15) is 0 Å². The fourth-order valence-corrected chi connectivity index (χ4v) is 2.12. The second-order valence-electron chi connectivity index (χ2n) is 4.62. The molecular formula is C13H10FNO3. The Morgan fingerprint density at radius 2 is 2.06 bits per heavy atom. The summed E-state index contributed by atoms with van der Waals surface area (Å²) in [6, 6.07) is 3.59. The van der Waals surface area contributed by atoms with Gasteiger partial charge in [-0.1, -0.05) is 0 Å². The molecule has 1 aliphatic carbocycles. The number of halogens is 1. The van der Waals surface area contributed by atoms with E-state index in [9.17, 15) is 18.8 Å². The minimum Gasteiger partial charge on any atom is -0.297 e. The lowest BCUT2D eigenvalue weighted by Gasteiger charge is -2.15. The van der Waals surface area contributed by atoms with Gasteiger partial charge in [0, 0.05) is 5.92 Å². The van der Waals surface area contributed by atoms with Gasteiger partial charge in [0.2, 0.25) is 0 Å². The molecule has 1 saturated carbocycles. The van der Waals surface area contributed by atoms with Crippen molar-refractivity contribution in [3.05, 3.63) is 29.6 Å². The van der Waals surface area contributed by atoms with Crippen LogP contribution in [0.4, 0.5) is 10.1 Å². The van der Waals surface area contributed by atoms with Crippen molar-refractivity contribution < 1.29 is 18.8 Å². The number of carbonyl (C=O) groups excluding carboxylic acids is 3. The molecule has 0 spiro atoms. The van der Waals surface area contributed by atoms with Crippen molar-refractivity contribution >= 4 is 23.2 Å². The largest absolute Gasteiger partial charge is 0.299 e. The average molecular weight is 247 g/mol. The van der Waals surface area contributed by atoms with Crippen LogP contribution in [0.2, 0.25) is 0 Å². The number of amides is 1. The summed E-state index contributed by atoms with van der Waals surface area (Å²) in [6.07, 6.45) is 1.70. The molecule has 18 heavy (non-hydrogen) atoms. The first-order valence-electron chi connectivity index (χ1n) is 5.76. The fourth-order valence-electron chi connectivity index (χ4n) is 2.12. The minimum atomic E-state index is -0.746. The van der Waals surface area contributed by atoms with E-state index in [2.05, 4.69) is 0 Å². The molecule has 5 heteroatoms. The first-order chi connectivity index (χ1) is 8.58. The van der Waals surface area contributed by atoms with Crippen LogP contribution < -0.4 is 4.90 Å². The monoisotopic (exact) mass is 247 g/mol. The molecular weight excluding hydrogens is 237 g/mol. The number of hydrogen-bond acceptors (Lipinski definition) is 3. The lowest BCUT2D eigenvalue weighted by atomic mass is 10.1. The van der Waals surface area contributed by atoms with Crippen LogP contribution in [0.1, 0.15) is 23.2 Å². The number of anilines is 1. The Balaban J connectivity index is 1.94. The van der Waals surface area contributed by atoms with Crippen LogP contribution in [-0.2, 0) is 9.59 Å². The third-order valence-electron chi connectivity index (χ3n) is 3.28. The minimum absolute atomic E-state index is 0.0254. The van der Waals surface area contributed by atoms with Crippen molar-refractivity contribution in [3.8, 4) is 0 Å². The van der Waals surface area contributed by atoms with E-state index in [-0.39, 0.29) is 23.8 Å². The van der Waals surface area contributed by atoms with Crippen molar-refractivity contribution in [2.45, 2.75) is 12.8 Å². The third-order valence-corrected chi connectivity index (χ3v) is 3.28. The molecule has 1 aliphatic heterocycles. The van der Waals surface area contributed by atoms with Crippen molar-refractivity contribution in [2.24, 2.45) is 5.92 Å². The summed E-state index contributed by atoms with van der Waals surface area (Å²) in [5, 5.41) is 0. The molecule has 1 amide bonds. The van der Waals surface area contributed by atoms with Gasteiger partial charge in [0.1, 0.15) is 5.82 Å². The first kappa shape index (κ1) is 11.1. The van der Waals surface area contributed by atoms with E-state index in [1.54, 1.807) is 0 Å². The van der Waals surface area contributed by atoms with Crippen LogP contribution in [0.3, 0.4) is 0 Å². The molecule has 1 heterocycles. The smallest absolute Gasteiger partial charge is 0.297 e. The highest BCUT2D eigenvalue weighted by atomic mass is 19.1. The standard InChI is InChI=1S/C13H10FNO3/c14-8-3-4-10-9(5-8)12(17)13(18)15(10)6-11(16)7-1-2-7/h3-5,7H,1-2,6H2. The number of fused-ring (bicyclic) bond motifs is 1. The van der Waals surface area contributed by atoms with Gasteiger partial charge in [-0.3, -0.25) is 19.3 Å². The highest BCUT2D eigenvalue weighted by Crippen LogP contribution is 2.33. The van der Waals surface area contributed by atoms with Crippen molar-refractivity contribution in [1.82, 2.24) is 0 Å². The van der Waals surface area contributed by atoms with Crippen LogP contribution in [0, 0.1) is 11.7 Å². The zero-order valence-electron chi connectivity index (χ0n) is 9.48. The number of hydrogen-bond donors (Lipinski definition) is 0. The molecule has 4 nitrogen and oxygen atoms in total. The second-order valence-corrected chi connectivity index (χ2v) is 4.62. The summed E-state index contributed by atoms with van der Waals surface area (Å²) in [5.41, 5.74) is 0.379. The SMILES string of the molecule is O=C1C(=O)N(CC(=O)C2CC2)c2ccc(F)cc21. The van der Waals surface area contributed by atoms with Gasteiger partial charge in [-0.15, -0.1) is 0 Å². The summed E-state index contributed by atoms with van der Waals surface area (Å²) in [4.78, 5) is 36.3. The number of Topliss-reactive ketones (excluding diaryl/α,β-unsaturated/α-hetero) is 2. The first-order valence-corrected chi connectivity index (χ1v) is 5.76. The Kier molecular flexibility index (Phi) is 2.29. The highest BCUT2D eigenvalue weighted by molar-refractivity contribution is 6.52. The van der Waals surface area contributed by atoms with Gasteiger partial charge in [0.05, 0.1) is 17.8 Å². The van der Waals surface area contributed by atoms with Crippen LogP contribution in [-0.4, -0.2) is 24.0 Å². The maximum atomic E-state index is 13.0. The Bertz CT molecular complexity index is 578. The quantitative estimate of drug-likeness (QED) is 0.757. The Morgan fingerprint density at radius 3 is 2.72 bits per heavy atom. The van der Waals surface area contributed by atoms with Gasteiger partial charge >= 0.3 is 0 Å². The predicted molar refractivity (Wildman–Crippen MR) is 60.8 cm³/mol. The highest BCUT2D eigenvalue weighted by Gasteiger charge is 2.39. The molecule has 92 valence electrons. The molecule has 0 unspecified atom stereocenters. The molecule has 1 fully saturated rings. The van der Waals surface area contributed by atoms with Gasteiger partial charge in [-0.25, -0.2) is 4.39 Å². The maximum Gasteiger partial charge on any atom is 0.299 e. The molecule has 3 rings (SSSR count). The van der Waals surface area contributed by atoms with Crippen LogP contribution >= 0.6 is 0 Å². The van der Waals surface area contributed by atoms with Crippen molar-refractivity contribution in [2.75, 3.05) is 11.4 Å². The Morgan fingerprint density at radius 1 is 1.33 bits per heavy atom. The topological polar surface area (TPSA) is 54.5 Å². The maximum absolute atomic E-state index is 13.0. The summed E-state index contributed by atoms with van der Waals surface area (Å²) in [6.45, 7) is -0.0894. The van der Waals surface area contributed by atoms with E-state index >= 15 is 0 Å². The molecule has 1 aromatic rings. The van der Waals surface area contributed by atoms with Gasteiger partial charge in [-0.05, 0) is 31.0 Å². The van der Waals surface area contributed by atoms with Crippen molar-refractivity contribution in [3.63, 3.8) is 0 Å². The third kappa shape index (κ3) is 1.63. The van der Waals surface area contributed by atoms with E-state index in [4.69, 9.17) is 0 Å². The van der Waals surface area contributed by atoms with Gasteiger partial charge < -0.3 is 0 Å². The molecule has 0 radical (unpaired) electrons. The predicted octanol–water partition coefficient (Wildman–Crippen LogP) is 1.33. The second kappa shape index (κ2) is 3.73. The average Bonchev–Trinajstić information content (AvgIpc) is 3.15. The van der Waals surface area contributed by atoms with Crippen molar-refractivity contribution in [1.29, 1.82) is 0 Å². The van der Waals surface area contributed by atoms with Crippen LogP contribution in [0.5, 0.6) is 0 Å². The summed E-state index contributed by atoms with van der Waals surface area (Å²) in [5.74, 6) is -2.06.